The zero-order valence-electron chi connectivity index (χ0n) is 14.0. The molecular formula is C17H24ClN3O3. The molecule has 7 heteroatoms. The van der Waals surface area contributed by atoms with Crippen molar-refractivity contribution >= 4 is 29.1 Å². The zero-order valence-corrected chi connectivity index (χ0v) is 14.8. The molecule has 6 nitrogen and oxygen atoms in total. The van der Waals surface area contributed by atoms with Gasteiger partial charge in [0.25, 0.3) is 5.91 Å². The maximum atomic E-state index is 12.4. The first-order valence-corrected chi connectivity index (χ1v) is 8.45. The predicted octanol–water partition coefficient (Wildman–Crippen LogP) is 2.17. The lowest BCUT2D eigenvalue weighted by atomic mass is 9.90. The Labute approximate surface area is 147 Å². The Morgan fingerprint density at radius 2 is 2.00 bits per heavy atom. The van der Waals surface area contributed by atoms with Crippen molar-refractivity contribution in [1.82, 2.24) is 5.32 Å². The Morgan fingerprint density at radius 1 is 1.33 bits per heavy atom. The minimum atomic E-state index is -0.933. The maximum absolute atomic E-state index is 12.4. The summed E-state index contributed by atoms with van der Waals surface area (Å²) in [5.74, 6) is -0.142. The Hall–Kier alpha value is -1.63. The maximum Gasteiger partial charge on any atom is 0.252 e. The molecule has 0 bridgehead atoms. The third-order valence-electron chi connectivity index (χ3n) is 3.98. The molecule has 1 heterocycles. The van der Waals surface area contributed by atoms with Crippen molar-refractivity contribution in [2.75, 3.05) is 25.1 Å². The number of benzene rings is 1. The van der Waals surface area contributed by atoms with Crippen LogP contribution in [0.2, 0.25) is 5.02 Å². The monoisotopic (exact) mass is 353 g/mol. The van der Waals surface area contributed by atoms with E-state index in [9.17, 15) is 9.59 Å². The summed E-state index contributed by atoms with van der Waals surface area (Å²) in [5, 5.41) is 5.87. The van der Waals surface area contributed by atoms with Crippen LogP contribution in [0.5, 0.6) is 0 Å². The molecule has 1 aromatic carbocycles. The number of anilines is 1. The predicted molar refractivity (Wildman–Crippen MR) is 94.2 cm³/mol. The van der Waals surface area contributed by atoms with Crippen LogP contribution in [0, 0.1) is 5.92 Å². The van der Waals surface area contributed by atoms with Crippen LogP contribution in [0.15, 0.2) is 18.2 Å². The van der Waals surface area contributed by atoms with Gasteiger partial charge in [0.05, 0.1) is 10.6 Å². The van der Waals surface area contributed by atoms with Crippen molar-refractivity contribution in [3.63, 3.8) is 0 Å². The standard InChI is InChI=1S/C17H24ClN3O3/c1-11(2)10-20-15(22)13-4-3-12(9-14(13)18)21-16(23)17(19)5-7-24-8-6-17/h3-4,9,11H,5-8,10,19H2,1-2H3,(H,20,22)(H,21,23). The van der Waals surface area contributed by atoms with E-state index in [1.165, 1.54) is 0 Å². The molecule has 0 atom stereocenters. The fourth-order valence-corrected chi connectivity index (χ4v) is 2.65. The number of rotatable bonds is 5. The molecule has 0 aromatic heterocycles. The van der Waals surface area contributed by atoms with Gasteiger partial charge in [-0.3, -0.25) is 9.59 Å². The summed E-state index contributed by atoms with van der Waals surface area (Å²) in [6.07, 6.45) is 0.949. The molecule has 1 fully saturated rings. The number of nitrogens with two attached hydrogens (primary N) is 1. The van der Waals surface area contributed by atoms with E-state index in [0.29, 0.717) is 49.8 Å². The lowest BCUT2D eigenvalue weighted by Crippen LogP contribution is -2.54. The molecule has 4 N–H and O–H groups in total. The first kappa shape index (κ1) is 18.7. The van der Waals surface area contributed by atoms with Gasteiger partial charge in [0.1, 0.15) is 5.54 Å². The van der Waals surface area contributed by atoms with Gasteiger partial charge in [-0.05, 0) is 37.0 Å². The average Bonchev–Trinajstić information content (AvgIpc) is 2.53. The molecule has 0 unspecified atom stereocenters. The van der Waals surface area contributed by atoms with Gasteiger partial charge in [-0.2, -0.15) is 0 Å². The van der Waals surface area contributed by atoms with Crippen LogP contribution in [0.25, 0.3) is 0 Å². The van der Waals surface area contributed by atoms with Crippen LogP contribution in [0.4, 0.5) is 5.69 Å². The molecule has 1 aromatic rings. The molecule has 1 saturated heterocycles. The van der Waals surface area contributed by atoms with E-state index in [0.717, 1.165) is 0 Å². The van der Waals surface area contributed by atoms with Crippen molar-refractivity contribution in [3.05, 3.63) is 28.8 Å². The fraction of sp³-hybridized carbons (Fsp3) is 0.529. The summed E-state index contributed by atoms with van der Waals surface area (Å²) in [6, 6.07) is 4.81. The van der Waals surface area contributed by atoms with Gasteiger partial charge in [-0.25, -0.2) is 0 Å². The van der Waals surface area contributed by atoms with Gasteiger partial charge in [0.2, 0.25) is 5.91 Å². The van der Waals surface area contributed by atoms with Crippen molar-refractivity contribution in [2.45, 2.75) is 32.2 Å². The number of halogens is 1. The molecule has 1 aliphatic heterocycles. The van der Waals surface area contributed by atoms with E-state index in [-0.39, 0.29) is 16.8 Å². The van der Waals surface area contributed by atoms with Crippen molar-refractivity contribution in [1.29, 1.82) is 0 Å². The van der Waals surface area contributed by atoms with Crippen LogP contribution in [0.1, 0.15) is 37.0 Å². The number of carbonyl (C=O) groups is 2. The van der Waals surface area contributed by atoms with E-state index in [4.69, 9.17) is 22.1 Å². The van der Waals surface area contributed by atoms with Crippen molar-refractivity contribution in [2.24, 2.45) is 11.7 Å². The van der Waals surface area contributed by atoms with Crippen molar-refractivity contribution in [3.8, 4) is 0 Å². The number of carbonyl (C=O) groups excluding carboxylic acids is 2. The third-order valence-corrected chi connectivity index (χ3v) is 4.29. The Bertz CT molecular complexity index is 613. The number of amides is 2. The molecule has 0 aliphatic carbocycles. The van der Waals surface area contributed by atoms with Gasteiger partial charge in [-0.15, -0.1) is 0 Å². The zero-order chi connectivity index (χ0) is 17.7. The molecule has 2 amide bonds. The molecule has 0 radical (unpaired) electrons. The summed E-state index contributed by atoms with van der Waals surface area (Å²) in [7, 11) is 0. The van der Waals surface area contributed by atoms with E-state index in [1.54, 1.807) is 18.2 Å². The molecule has 132 valence electrons. The topological polar surface area (TPSA) is 93.5 Å². The summed E-state index contributed by atoms with van der Waals surface area (Å²) < 4.78 is 5.24. The molecule has 2 rings (SSSR count). The van der Waals surface area contributed by atoms with Crippen LogP contribution < -0.4 is 16.4 Å². The van der Waals surface area contributed by atoms with Gasteiger partial charge in [0, 0.05) is 25.4 Å². The van der Waals surface area contributed by atoms with E-state index in [1.807, 2.05) is 13.8 Å². The normalized spacial score (nSPS) is 16.7. The second-order valence-corrected chi connectivity index (χ2v) is 6.93. The average molecular weight is 354 g/mol. The van der Waals surface area contributed by atoms with E-state index in [2.05, 4.69) is 10.6 Å². The molecule has 0 saturated carbocycles. The molecule has 24 heavy (non-hydrogen) atoms. The summed E-state index contributed by atoms with van der Waals surface area (Å²) in [5.41, 5.74) is 6.11. The minimum absolute atomic E-state index is 0.230. The molecule has 0 spiro atoms. The highest BCUT2D eigenvalue weighted by atomic mass is 35.5. The first-order chi connectivity index (χ1) is 11.3. The second kappa shape index (κ2) is 7.96. The minimum Gasteiger partial charge on any atom is -0.381 e. The first-order valence-electron chi connectivity index (χ1n) is 8.07. The highest BCUT2D eigenvalue weighted by molar-refractivity contribution is 6.34. The Morgan fingerprint density at radius 3 is 2.58 bits per heavy atom. The Kier molecular flexibility index (Phi) is 6.21. The van der Waals surface area contributed by atoms with Gasteiger partial charge < -0.3 is 21.1 Å². The van der Waals surface area contributed by atoms with Crippen LogP contribution >= 0.6 is 11.6 Å². The second-order valence-electron chi connectivity index (χ2n) is 6.52. The number of ether oxygens (including phenoxy) is 1. The smallest absolute Gasteiger partial charge is 0.252 e. The van der Waals surface area contributed by atoms with Gasteiger partial charge >= 0.3 is 0 Å². The van der Waals surface area contributed by atoms with Crippen LogP contribution in [0.3, 0.4) is 0 Å². The lowest BCUT2D eigenvalue weighted by molar-refractivity contribution is -0.124. The van der Waals surface area contributed by atoms with E-state index >= 15 is 0 Å². The SMILES string of the molecule is CC(C)CNC(=O)c1ccc(NC(=O)C2(N)CCOCC2)cc1Cl. The number of hydrogen-bond acceptors (Lipinski definition) is 4. The van der Waals surface area contributed by atoms with Gasteiger partial charge in [-0.1, -0.05) is 25.4 Å². The highest BCUT2D eigenvalue weighted by Gasteiger charge is 2.36. The van der Waals surface area contributed by atoms with E-state index < -0.39 is 5.54 Å². The van der Waals surface area contributed by atoms with Crippen LogP contribution in [-0.4, -0.2) is 37.1 Å². The third kappa shape index (κ3) is 4.69. The largest absolute Gasteiger partial charge is 0.381 e. The molecule has 1 aliphatic rings. The van der Waals surface area contributed by atoms with Crippen LogP contribution in [-0.2, 0) is 9.53 Å². The summed E-state index contributed by atoms with van der Waals surface area (Å²) in [6.45, 7) is 5.55. The highest BCUT2D eigenvalue weighted by Crippen LogP contribution is 2.24. The summed E-state index contributed by atoms with van der Waals surface area (Å²) >= 11 is 6.18. The Balaban J connectivity index is 2.03. The lowest BCUT2D eigenvalue weighted by Gasteiger charge is -2.31. The number of nitrogens with one attached hydrogen (secondary N) is 2. The number of hydrogen-bond donors (Lipinski definition) is 3. The van der Waals surface area contributed by atoms with Gasteiger partial charge in [0.15, 0.2) is 0 Å². The summed E-state index contributed by atoms with van der Waals surface area (Å²) in [4.78, 5) is 24.5. The molecular weight excluding hydrogens is 330 g/mol. The van der Waals surface area contributed by atoms with Crippen molar-refractivity contribution < 1.29 is 14.3 Å². The quantitative estimate of drug-likeness (QED) is 0.756. The fourth-order valence-electron chi connectivity index (χ4n) is 2.39.